The number of hydrogen-bond acceptors (Lipinski definition) is 6. The van der Waals surface area contributed by atoms with E-state index in [0.29, 0.717) is 35.1 Å². The van der Waals surface area contributed by atoms with Crippen LogP contribution in [0.2, 0.25) is 0 Å². The lowest BCUT2D eigenvalue weighted by atomic mass is 9.83. The summed E-state index contributed by atoms with van der Waals surface area (Å²) in [6, 6.07) is 8.37. The summed E-state index contributed by atoms with van der Waals surface area (Å²) < 4.78 is 22.2. The molecule has 0 spiro atoms. The molecule has 2 atom stereocenters. The van der Waals surface area contributed by atoms with Gasteiger partial charge in [-0.2, -0.15) is 0 Å². The fourth-order valence-corrected chi connectivity index (χ4v) is 4.59. The highest BCUT2D eigenvalue weighted by molar-refractivity contribution is 5.80. The quantitative estimate of drug-likeness (QED) is 0.514. The number of nitrogens with zero attached hydrogens (tertiary/aromatic N) is 4. The average Bonchev–Trinajstić information content (AvgIpc) is 3.54. The Bertz CT molecular complexity index is 1370. The Morgan fingerprint density at radius 2 is 2.03 bits per heavy atom. The second kappa shape index (κ2) is 7.03. The van der Waals surface area contributed by atoms with E-state index in [1.54, 1.807) is 12.3 Å². The van der Waals surface area contributed by atoms with Crippen LogP contribution >= 0.6 is 0 Å². The maximum Gasteiger partial charge on any atom is 0.165 e. The van der Waals surface area contributed by atoms with Crippen LogP contribution in [0.15, 0.2) is 36.5 Å². The number of pyridine rings is 1. The lowest BCUT2D eigenvalue weighted by Gasteiger charge is -2.37. The van der Waals surface area contributed by atoms with Crippen molar-refractivity contribution in [3.05, 3.63) is 59.3 Å². The molecule has 0 amide bonds. The second-order valence-electron chi connectivity index (χ2n) is 8.81. The van der Waals surface area contributed by atoms with Crippen LogP contribution in [0.1, 0.15) is 42.1 Å². The SMILES string of the molecule is Cc1nc2ccc(C3CC3)nc2n2c(-c3cc(C4(O)CCOCC4O)ccc3F)ncc12. The van der Waals surface area contributed by atoms with Crippen LogP contribution in [0.25, 0.3) is 28.1 Å². The Morgan fingerprint density at radius 1 is 1.19 bits per heavy atom. The highest BCUT2D eigenvalue weighted by atomic mass is 19.1. The minimum atomic E-state index is -1.51. The highest BCUT2D eigenvalue weighted by Crippen LogP contribution is 2.40. The van der Waals surface area contributed by atoms with Crippen molar-refractivity contribution in [1.29, 1.82) is 0 Å². The molecule has 4 heterocycles. The average molecular weight is 434 g/mol. The van der Waals surface area contributed by atoms with Crippen molar-refractivity contribution in [3.8, 4) is 11.4 Å². The van der Waals surface area contributed by atoms with E-state index < -0.39 is 17.5 Å². The molecule has 4 aromatic rings. The molecule has 32 heavy (non-hydrogen) atoms. The van der Waals surface area contributed by atoms with Crippen molar-refractivity contribution < 1.29 is 19.3 Å². The van der Waals surface area contributed by atoms with Crippen molar-refractivity contribution >= 4 is 16.7 Å². The summed E-state index contributed by atoms with van der Waals surface area (Å²) in [5, 5.41) is 21.6. The van der Waals surface area contributed by atoms with Crippen molar-refractivity contribution in [1.82, 2.24) is 19.4 Å². The van der Waals surface area contributed by atoms with Crippen LogP contribution in [0.4, 0.5) is 4.39 Å². The first kappa shape index (κ1) is 19.7. The van der Waals surface area contributed by atoms with Gasteiger partial charge in [-0.15, -0.1) is 0 Å². The molecule has 0 radical (unpaired) electrons. The number of aryl methyl sites for hydroxylation is 1. The normalized spacial score (nSPS) is 23.8. The minimum absolute atomic E-state index is 0.0267. The largest absolute Gasteiger partial charge is 0.387 e. The van der Waals surface area contributed by atoms with Crippen LogP contribution in [-0.2, 0) is 10.3 Å². The third kappa shape index (κ3) is 2.94. The van der Waals surface area contributed by atoms with E-state index in [2.05, 4.69) is 9.97 Å². The lowest BCUT2D eigenvalue weighted by molar-refractivity contribution is -0.158. The van der Waals surface area contributed by atoms with Gasteiger partial charge in [0.2, 0.25) is 0 Å². The zero-order valence-electron chi connectivity index (χ0n) is 17.6. The molecule has 7 nitrogen and oxygen atoms in total. The molecule has 2 aliphatic rings. The highest BCUT2D eigenvalue weighted by Gasteiger charge is 2.40. The summed E-state index contributed by atoms with van der Waals surface area (Å²) in [5.41, 5.74) is 3.05. The molecule has 6 rings (SSSR count). The summed E-state index contributed by atoms with van der Waals surface area (Å²) in [5.74, 6) is 0.389. The van der Waals surface area contributed by atoms with Crippen LogP contribution in [0.3, 0.4) is 0 Å². The maximum absolute atomic E-state index is 15.1. The molecule has 3 aromatic heterocycles. The van der Waals surface area contributed by atoms with Gasteiger partial charge >= 0.3 is 0 Å². The molecular weight excluding hydrogens is 411 g/mol. The third-order valence-corrected chi connectivity index (χ3v) is 6.67. The van der Waals surface area contributed by atoms with Gasteiger partial charge in [0.1, 0.15) is 28.9 Å². The van der Waals surface area contributed by atoms with Crippen LogP contribution in [0, 0.1) is 12.7 Å². The van der Waals surface area contributed by atoms with E-state index in [-0.39, 0.29) is 18.6 Å². The fraction of sp³-hybridized carbons (Fsp3) is 0.375. The van der Waals surface area contributed by atoms with Gasteiger partial charge in [0.05, 0.1) is 29.6 Å². The monoisotopic (exact) mass is 434 g/mol. The minimum Gasteiger partial charge on any atom is -0.387 e. The fourth-order valence-electron chi connectivity index (χ4n) is 4.59. The molecule has 2 N–H and O–H groups in total. The van der Waals surface area contributed by atoms with Crippen LogP contribution in [0.5, 0.6) is 0 Å². The first-order valence-electron chi connectivity index (χ1n) is 10.9. The van der Waals surface area contributed by atoms with Crippen LogP contribution in [-0.4, -0.2) is 48.9 Å². The number of ether oxygens (including phenoxy) is 1. The standard InChI is InChI=1S/C24H23FN4O3/c1-13-20-11-26-22(29(20)23-19(27-13)7-6-18(28-23)14-2-3-14)16-10-15(4-5-17(16)25)24(31)8-9-32-12-21(24)30/h4-7,10-11,14,21,30-31H,2-3,8-9,12H2,1H3. The van der Waals surface area contributed by atoms with Gasteiger partial charge < -0.3 is 14.9 Å². The van der Waals surface area contributed by atoms with Gasteiger partial charge in [-0.3, -0.25) is 4.40 Å². The summed E-state index contributed by atoms with van der Waals surface area (Å²) in [6.07, 6.45) is 3.05. The molecule has 1 aliphatic heterocycles. The number of rotatable bonds is 3. The maximum atomic E-state index is 15.1. The van der Waals surface area contributed by atoms with Crippen molar-refractivity contribution in [2.45, 2.75) is 43.8 Å². The zero-order chi connectivity index (χ0) is 22.0. The molecule has 2 fully saturated rings. The summed E-state index contributed by atoms with van der Waals surface area (Å²) >= 11 is 0. The Morgan fingerprint density at radius 3 is 2.81 bits per heavy atom. The molecule has 2 unspecified atom stereocenters. The predicted octanol–water partition coefficient (Wildman–Crippen LogP) is 3.24. The van der Waals surface area contributed by atoms with E-state index in [0.717, 1.165) is 29.7 Å². The van der Waals surface area contributed by atoms with Gasteiger partial charge in [-0.25, -0.2) is 19.3 Å². The Balaban J connectivity index is 1.58. The van der Waals surface area contributed by atoms with Gasteiger partial charge in [-0.1, -0.05) is 6.07 Å². The smallest absolute Gasteiger partial charge is 0.165 e. The first-order chi connectivity index (χ1) is 15.5. The number of aliphatic hydroxyl groups is 2. The lowest BCUT2D eigenvalue weighted by Crippen LogP contribution is -2.47. The van der Waals surface area contributed by atoms with E-state index >= 15 is 4.39 Å². The zero-order valence-corrected chi connectivity index (χ0v) is 17.6. The number of benzene rings is 1. The van der Waals surface area contributed by atoms with Gasteiger partial charge in [-0.05, 0) is 49.6 Å². The van der Waals surface area contributed by atoms with E-state index in [1.807, 2.05) is 23.5 Å². The molecule has 1 aromatic carbocycles. The Hall–Kier alpha value is -2.94. The topological polar surface area (TPSA) is 92.8 Å². The molecule has 0 bridgehead atoms. The van der Waals surface area contributed by atoms with Crippen LogP contribution < -0.4 is 0 Å². The van der Waals surface area contributed by atoms with Gasteiger partial charge in [0.25, 0.3) is 0 Å². The van der Waals surface area contributed by atoms with Crippen molar-refractivity contribution in [2.24, 2.45) is 0 Å². The van der Waals surface area contributed by atoms with Crippen molar-refractivity contribution in [3.63, 3.8) is 0 Å². The second-order valence-corrected chi connectivity index (χ2v) is 8.81. The predicted molar refractivity (Wildman–Crippen MR) is 116 cm³/mol. The number of hydrogen-bond donors (Lipinski definition) is 2. The van der Waals surface area contributed by atoms with E-state index in [4.69, 9.17) is 9.72 Å². The number of halogens is 1. The third-order valence-electron chi connectivity index (χ3n) is 6.67. The number of aliphatic hydroxyl groups excluding tert-OH is 1. The summed E-state index contributed by atoms with van der Waals surface area (Å²) in [4.78, 5) is 14.1. The Kier molecular flexibility index (Phi) is 4.33. The van der Waals surface area contributed by atoms with E-state index in [1.165, 1.54) is 12.1 Å². The molecule has 1 saturated heterocycles. The Labute approximate surface area is 183 Å². The van der Waals surface area contributed by atoms with E-state index in [9.17, 15) is 10.2 Å². The van der Waals surface area contributed by atoms with Gasteiger partial charge in [0.15, 0.2) is 5.65 Å². The van der Waals surface area contributed by atoms with Crippen molar-refractivity contribution in [2.75, 3.05) is 13.2 Å². The summed E-state index contributed by atoms with van der Waals surface area (Å²) in [7, 11) is 0. The molecule has 8 heteroatoms. The van der Waals surface area contributed by atoms with Gasteiger partial charge in [0, 0.05) is 24.6 Å². The molecular formula is C24H23FN4O3. The number of fused-ring (bicyclic) bond motifs is 3. The molecule has 1 saturated carbocycles. The number of imidazole rings is 1. The first-order valence-corrected chi connectivity index (χ1v) is 10.9. The molecule has 1 aliphatic carbocycles. The summed E-state index contributed by atoms with van der Waals surface area (Å²) in [6.45, 7) is 2.23. The molecule has 164 valence electrons. The number of aromatic nitrogens is 4.